The highest BCUT2D eigenvalue weighted by atomic mass is 19.1. The molecule has 1 aliphatic rings. The Hall–Kier alpha value is -3.05. The van der Waals surface area contributed by atoms with Crippen molar-refractivity contribution in [3.8, 4) is 11.1 Å². The zero-order chi connectivity index (χ0) is 24.1. The van der Waals surface area contributed by atoms with Gasteiger partial charge < -0.3 is 10.0 Å². The lowest BCUT2D eigenvalue weighted by Gasteiger charge is -2.44. The van der Waals surface area contributed by atoms with E-state index in [4.69, 9.17) is 0 Å². The van der Waals surface area contributed by atoms with Crippen LogP contribution in [0.15, 0.2) is 72.8 Å². The van der Waals surface area contributed by atoms with E-state index >= 15 is 0 Å². The molecule has 1 heterocycles. The molecule has 1 aliphatic heterocycles. The summed E-state index contributed by atoms with van der Waals surface area (Å²) in [5.41, 5.74) is 3.61. The highest BCUT2D eigenvalue weighted by molar-refractivity contribution is 5.79. The third-order valence-electron chi connectivity index (χ3n) is 7.15. The van der Waals surface area contributed by atoms with Crippen molar-refractivity contribution in [2.24, 2.45) is 0 Å². The van der Waals surface area contributed by atoms with Crippen LogP contribution in [0.25, 0.3) is 11.1 Å². The summed E-state index contributed by atoms with van der Waals surface area (Å²) in [6.07, 6.45) is 3.21. The molecular formula is C29H31F2NO2. The minimum Gasteiger partial charge on any atom is -0.396 e. The lowest BCUT2D eigenvalue weighted by molar-refractivity contribution is -0.139. The van der Waals surface area contributed by atoms with Crippen molar-refractivity contribution in [3.63, 3.8) is 0 Å². The number of piperidine rings is 1. The van der Waals surface area contributed by atoms with E-state index in [9.17, 15) is 18.7 Å². The minimum absolute atomic E-state index is 0.0289. The Morgan fingerprint density at radius 2 is 1.47 bits per heavy atom. The molecule has 0 saturated carbocycles. The van der Waals surface area contributed by atoms with Crippen LogP contribution in [0.3, 0.4) is 0 Å². The number of benzene rings is 3. The molecule has 3 aromatic carbocycles. The monoisotopic (exact) mass is 463 g/mol. The summed E-state index contributed by atoms with van der Waals surface area (Å²) in [5, 5.41) is 9.44. The number of hydrogen-bond acceptors (Lipinski definition) is 2. The first kappa shape index (κ1) is 24.1. The van der Waals surface area contributed by atoms with Gasteiger partial charge in [0.15, 0.2) is 0 Å². The van der Waals surface area contributed by atoms with E-state index in [-0.39, 0.29) is 35.6 Å². The van der Waals surface area contributed by atoms with Gasteiger partial charge in [-0.3, -0.25) is 4.79 Å². The Morgan fingerprint density at radius 1 is 0.912 bits per heavy atom. The van der Waals surface area contributed by atoms with Gasteiger partial charge >= 0.3 is 0 Å². The summed E-state index contributed by atoms with van der Waals surface area (Å²) in [5.74, 6) is -0.464. The molecule has 34 heavy (non-hydrogen) atoms. The van der Waals surface area contributed by atoms with Gasteiger partial charge in [-0.1, -0.05) is 55.5 Å². The second-order valence-electron chi connectivity index (χ2n) is 9.18. The normalized spacial score (nSPS) is 19.3. The lowest BCUT2D eigenvalue weighted by Crippen LogP contribution is -2.47. The largest absolute Gasteiger partial charge is 0.396 e. The van der Waals surface area contributed by atoms with Gasteiger partial charge in [-0.25, -0.2) is 8.78 Å². The molecule has 1 saturated heterocycles. The van der Waals surface area contributed by atoms with Crippen molar-refractivity contribution in [1.29, 1.82) is 0 Å². The molecule has 4 rings (SSSR count). The maximum absolute atomic E-state index is 13.5. The van der Waals surface area contributed by atoms with Crippen molar-refractivity contribution in [2.75, 3.05) is 13.2 Å². The number of aliphatic hydroxyl groups is 1. The molecule has 0 aromatic heterocycles. The standard InChI is InChI=1S/C29H31F2NO2/c1-2-27(23-6-4-21(5-7-23)22-8-12-25(30)13-9-22)32-18-17-29(16-3-19-33,20-28(32)34)24-10-14-26(31)15-11-24/h4-15,27,33H,2-3,16-20H2,1H3/t27-,29?/m0/s1. The molecule has 178 valence electrons. The molecule has 0 radical (unpaired) electrons. The van der Waals surface area contributed by atoms with Gasteiger partial charge in [0, 0.05) is 25.0 Å². The van der Waals surface area contributed by atoms with Crippen molar-refractivity contribution in [1.82, 2.24) is 4.90 Å². The van der Waals surface area contributed by atoms with E-state index < -0.39 is 0 Å². The highest BCUT2D eigenvalue weighted by Gasteiger charge is 2.41. The third-order valence-corrected chi connectivity index (χ3v) is 7.15. The van der Waals surface area contributed by atoms with E-state index in [1.165, 1.54) is 24.3 Å². The highest BCUT2D eigenvalue weighted by Crippen LogP contribution is 2.42. The molecule has 3 aromatic rings. The quantitative estimate of drug-likeness (QED) is 0.419. The average molecular weight is 464 g/mol. The molecule has 3 nitrogen and oxygen atoms in total. The van der Waals surface area contributed by atoms with Gasteiger partial charge in [0.05, 0.1) is 6.04 Å². The fourth-order valence-corrected chi connectivity index (χ4v) is 5.27. The lowest BCUT2D eigenvalue weighted by atomic mass is 9.69. The number of rotatable bonds is 8. The molecule has 0 bridgehead atoms. The summed E-state index contributed by atoms with van der Waals surface area (Å²) >= 11 is 0. The fraction of sp³-hybridized carbons (Fsp3) is 0.345. The van der Waals surface area contributed by atoms with Gasteiger partial charge in [0.1, 0.15) is 11.6 Å². The first-order chi connectivity index (χ1) is 16.5. The summed E-state index contributed by atoms with van der Waals surface area (Å²) in [7, 11) is 0. The minimum atomic E-state index is -0.380. The van der Waals surface area contributed by atoms with Crippen LogP contribution in [-0.2, 0) is 10.2 Å². The Labute approximate surface area is 200 Å². The van der Waals surface area contributed by atoms with E-state index in [1.54, 1.807) is 24.3 Å². The van der Waals surface area contributed by atoms with Crippen LogP contribution in [0.4, 0.5) is 8.78 Å². The predicted octanol–water partition coefficient (Wildman–Crippen LogP) is 6.42. The molecular weight excluding hydrogens is 432 g/mol. The summed E-state index contributed by atoms with van der Waals surface area (Å²) in [4.78, 5) is 15.4. The second kappa shape index (κ2) is 10.5. The number of hydrogen-bond donors (Lipinski definition) is 1. The predicted molar refractivity (Wildman–Crippen MR) is 130 cm³/mol. The number of halogens is 2. The molecule has 0 spiro atoms. The Morgan fingerprint density at radius 3 is 2.00 bits per heavy atom. The van der Waals surface area contributed by atoms with Gasteiger partial charge in [0.25, 0.3) is 0 Å². The number of nitrogens with zero attached hydrogens (tertiary/aromatic N) is 1. The Bertz CT molecular complexity index is 1100. The van der Waals surface area contributed by atoms with Crippen molar-refractivity contribution >= 4 is 5.91 Å². The fourth-order valence-electron chi connectivity index (χ4n) is 5.27. The van der Waals surface area contributed by atoms with Crippen molar-refractivity contribution in [3.05, 3.63) is 95.6 Å². The summed E-state index contributed by atoms with van der Waals surface area (Å²) < 4.78 is 26.8. The zero-order valence-corrected chi connectivity index (χ0v) is 19.5. The maximum atomic E-state index is 13.5. The van der Waals surface area contributed by atoms with Gasteiger partial charge in [-0.05, 0) is 72.2 Å². The molecule has 1 fully saturated rings. The molecule has 2 atom stereocenters. The Kier molecular flexibility index (Phi) is 7.42. The first-order valence-corrected chi connectivity index (χ1v) is 12.0. The maximum Gasteiger partial charge on any atom is 0.223 e. The average Bonchev–Trinajstić information content (AvgIpc) is 2.86. The van der Waals surface area contributed by atoms with Crippen LogP contribution >= 0.6 is 0 Å². The topological polar surface area (TPSA) is 40.5 Å². The molecule has 1 amide bonds. The van der Waals surface area contributed by atoms with E-state index in [0.717, 1.165) is 35.1 Å². The number of aliphatic hydroxyl groups excluding tert-OH is 1. The molecule has 5 heteroatoms. The number of carbonyl (C=O) groups excluding carboxylic acids is 1. The van der Waals surface area contributed by atoms with Gasteiger partial charge in [0.2, 0.25) is 5.91 Å². The van der Waals surface area contributed by atoms with Crippen molar-refractivity contribution < 1.29 is 18.7 Å². The van der Waals surface area contributed by atoms with Crippen LogP contribution in [0.5, 0.6) is 0 Å². The zero-order valence-electron chi connectivity index (χ0n) is 19.5. The van der Waals surface area contributed by atoms with Crippen LogP contribution in [0.1, 0.15) is 56.2 Å². The number of amides is 1. The molecule has 0 aliphatic carbocycles. The Balaban J connectivity index is 1.54. The SMILES string of the molecule is CC[C@@H](c1ccc(-c2ccc(F)cc2)cc1)N1CCC(CCCO)(c2ccc(F)cc2)CC1=O. The van der Waals surface area contributed by atoms with Crippen LogP contribution in [-0.4, -0.2) is 29.1 Å². The first-order valence-electron chi connectivity index (χ1n) is 12.0. The number of carbonyl (C=O) groups is 1. The van der Waals surface area contributed by atoms with E-state index in [0.29, 0.717) is 25.8 Å². The second-order valence-corrected chi connectivity index (χ2v) is 9.18. The van der Waals surface area contributed by atoms with Crippen molar-refractivity contribution in [2.45, 2.75) is 50.5 Å². The van der Waals surface area contributed by atoms with E-state index in [2.05, 4.69) is 6.92 Å². The summed E-state index contributed by atoms with van der Waals surface area (Å²) in [6.45, 7) is 2.76. The van der Waals surface area contributed by atoms with Gasteiger partial charge in [-0.15, -0.1) is 0 Å². The smallest absolute Gasteiger partial charge is 0.223 e. The van der Waals surface area contributed by atoms with Gasteiger partial charge in [-0.2, -0.15) is 0 Å². The summed E-state index contributed by atoms with van der Waals surface area (Å²) in [6, 6.07) is 21.0. The third kappa shape index (κ3) is 5.05. The molecule has 1 N–H and O–H groups in total. The number of likely N-dealkylation sites (tertiary alicyclic amines) is 1. The van der Waals surface area contributed by atoms with E-state index in [1.807, 2.05) is 29.2 Å². The van der Waals surface area contributed by atoms with Crippen LogP contribution in [0, 0.1) is 11.6 Å². The van der Waals surface area contributed by atoms with Crippen LogP contribution in [0.2, 0.25) is 0 Å². The van der Waals surface area contributed by atoms with Crippen LogP contribution < -0.4 is 0 Å². The molecule has 1 unspecified atom stereocenters.